The third-order valence-corrected chi connectivity index (χ3v) is 3.20. The van der Waals surface area contributed by atoms with Crippen molar-refractivity contribution in [3.8, 4) is 11.4 Å². The smallest absolute Gasteiger partial charge is 0.251 e. The predicted octanol–water partition coefficient (Wildman–Crippen LogP) is 2.62. The number of rotatable bonds is 5. The van der Waals surface area contributed by atoms with Gasteiger partial charge in [0.2, 0.25) is 0 Å². The molecule has 0 spiro atoms. The van der Waals surface area contributed by atoms with E-state index < -0.39 is 5.82 Å². The minimum absolute atomic E-state index is 0.207. The molecule has 0 aliphatic rings. The molecular formula is C15H19FN4O. The second-order valence-electron chi connectivity index (χ2n) is 4.86. The van der Waals surface area contributed by atoms with Crippen LogP contribution < -0.4 is 5.32 Å². The molecule has 2 aromatic rings. The number of benzene rings is 1. The van der Waals surface area contributed by atoms with Crippen LogP contribution in [0.2, 0.25) is 0 Å². The Morgan fingerprint density at radius 2 is 2.14 bits per heavy atom. The van der Waals surface area contributed by atoms with E-state index in [-0.39, 0.29) is 17.3 Å². The van der Waals surface area contributed by atoms with Crippen molar-refractivity contribution >= 4 is 5.91 Å². The fourth-order valence-electron chi connectivity index (χ4n) is 2.00. The number of hydrogen-bond donors (Lipinski definition) is 2. The number of hydrogen-bond acceptors (Lipinski definition) is 3. The van der Waals surface area contributed by atoms with Gasteiger partial charge in [-0.2, -0.15) is 5.10 Å². The molecule has 0 aliphatic carbocycles. The van der Waals surface area contributed by atoms with Crippen LogP contribution in [0.3, 0.4) is 0 Å². The van der Waals surface area contributed by atoms with E-state index in [4.69, 9.17) is 0 Å². The average Bonchev–Trinajstić information content (AvgIpc) is 2.93. The molecule has 112 valence electrons. The Balaban J connectivity index is 2.40. The van der Waals surface area contributed by atoms with Crippen LogP contribution in [-0.2, 0) is 6.42 Å². The molecular weight excluding hydrogens is 271 g/mol. The Kier molecular flexibility index (Phi) is 4.67. The molecule has 1 aromatic carbocycles. The lowest BCUT2D eigenvalue weighted by Crippen LogP contribution is -2.25. The highest BCUT2D eigenvalue weighted by Crippen LogP contribution is 2.23. The standard InChI is InChI=1S/C15H19FN4O/c1-4-6-17-15(21)10-8-11(12(16)7-9(10)3)14-18-13(5-2)19-20-14/h7-8H,4-6H2,1-3H3,(H,17,21)(H,18,19,20). The van der Waals surface area contributed by atoms with Crippen LogP contribution in [0.15, 0.2) is 12.1 Å². The van der Waals surface area contributed by atoms with Crippen LogP contribution in [0.1, 0.15) is 42.0 Å². The molecule has 0 fully saturated rings. The maximum Gasteiger partial charge on any atom is 0.251 e. The molecule has 0 saturated carbocycles. The van der Waals surface area contributed by atoms with Crippen molar-refractivity contribution in [1.82, 2.24) is 20.5 Å². The van der Waals surface area contributed by atoms with Crippen LogP contribution in [-0.4, -0.2) is 27.6 Å². The number of aromatic amines is 1. The molecule has 1 aromatic heterocycles. The molecule has 1 heterocycles. The number of carbonyl (C=O) groups excluding carboxylic acids is 1. The molecule has 0 radical (unpaired) electrons. The summed E-state index contributed by atoms with van der Waals surface area (Å²) in [6, 6.07) is 2.86. The van der Waals surface area contributed by atoms with E-state index in [9.17, 15) is 9.18 Å². The van der Waals surface area contributed by atoms with E-state index in [0.717, 1.165) is 6.42 Å². The summed E-state index contributed by atoms with van der Waals surface area (Å²) in [5, 5.41) is 9.55. The third-order valence-electron chi connectivity index (χ3n) is 3.20. The summed E-state index contributed by atoms with van der Waals surface area (Å²) in [5.41, 5.74) is 1.28. The van der Waals surface area contributed by atoms with Crippen LogP contribution in [0, 0.1) is 12.7 Å². The van der Waals surface area contributed by atoms with Gasteiger partial charge in [0.15, 0.2) is 5.82 Å². The lowest BCUT2D eigenvalue weighted by Gasteiger charge is -2.09. The average molecular weight is 290 g/mol. The molecule has 2 N–H and O–H groups in total. The van der Waals surface area contributed by atoms with Crippen molar-refractivity contribution in [2.24, 2.45) is 0 Å². The Morgan fingerprint density at radius 3 is 2.76 bits per heavy atom. The Labute approximate surface area is 123 Å². The van der Waals surface area contributed by atoms with Gasteiger partial charge in [-0.3, -0.25) is 9.89 Å². The summed E-state index contributed by atoms with van der Waals surface area (Å²) in [5.74, 6) is 0.318. The summed E-state index contributed by atoms with van der Waals surface area (Å²) in [7, 11) is 0. The monoisotopic (exact) mass is 290 g/mol. The van der Waals surface area contributed by atoms with E-state index in [1.165, 1.54) is 12.1 Å². The van der Waals surface area contributed by atoms with Crippen molar-refractivity contribution < 1.29 is 9.18 Å². The van der Waals surface area contributed by atoms with Crippen LogP contribution >= 0.6 is 0 Å². The normalized spacial score (nSPS) is 10.7. The summed E-state index contributed by atoms with van der Waals surface area (Å²) >= 11 is 0. The van der Waals surface area contributed by atoms with E-state index >= 15 is 0 Å². The zero-order chi connectivity index (χ0) is 15.4. The van der Waals surface area contributed by atoms with Crippen LogP contribution in [0.5, 0.6) is 0 Å². The van der Waals surface area contributed by atoms with Crippen molar-refractivity contribution in [1.29, 1.82) is 0 Å². The second-order valence-corrected chi connectivity index (χ2v) is 4.86. The van der Waals surface area contributed by atoms with Crippen molar-refractivity contribution in [3.05, 3.63) is 34.9 Å². The number of amides is 1. The highest BCUT2D eigenvalue weighted by molar-refractivity contribution is 5.96. The van der Waals surface area contributed by atoms with Crippen molar-refractivity contribution in [2.75, 3.05) is 6.54 Å². The number of carbonyl (C=O) groups is 1. The minimum atomic E-state index is -0.429. The number of aryl methyl sites for hydroxylation is 2. The SMILES string of the molecule is CCCNC(=O)c1cc(-c2n[nH]c(CC)n2)c(F)cc1C. The first-order valence-corrected chi connectivity index (χ1v) is 7.06. The molecule has 0 saturated heterocycles. The van der Waals surface area contributed by atoms with Gasteiger partial charge in [-0.25, -0.2) is 9.37 Å². The summed E-state index contributed by atoms with van der Waals surface area (Å²) in [6.07, 6.45) is 1.53. The Hall–Kier alpha value is -2.24. The Bertz CT molecular complexity index is 651. The number of aromatic nitrogens is 3. The van der Waals surface area contributed by atoms with Gasteiger partial charge in [-0.1, -0.05) is 13.8 Å². The predicted molar refractivity (Wildman–Crippen MR) is 78.5 cm³/mol. The Morgan fingerprint density at radius 1 is 1.38 bits per heavy atom. The molecule has 2 rings (SSSR count). The number of halogens is 1. The third kappa shape index (κ3) is 3.26. The fourth-order valence-corrected chi connectivity index (χ4v) is 2.00. The van der Waals surface area contributed by atoms with E-state index in [1.54, 1.807) is 6.92 Å². The molecule has 5 nitrogen and oxygen atoms in total. The number of nitrogens with one attached hydrogen (secondary N) is 2. The van der Waals surface area contributed by atoms with Gasteiger partial charge in [-0.05, 0) is 31.0 Å². The highest BCUT2D eigenvalue weighted by atomic mass is 19.1. The van der Waals surface area contributed by atoms with Crippen molar-refractivity contribution in [2.45, 2.75) is 33.6 Å². The first-order valence-electron chi connectivity index (χ1n) is 7.06. The molecule has 21 heavy (non-hydrogen) atoms. The van der Waals surface area contributed by atoms with E-state index in [0.29, 0.717) is 29.9 Å². The molecule has 1 amide bonds. The summed E-state index contributed by atoms with van der Waals surface area (Å²) in [6.45, 7) is 6.21. The van der Waals surface area contributed by atoms with Gasteiger partial charge < -0.3 is 5.32 Å². The van der Waals surface area contributed by atoms with Crippen molar-refractivity contribution in [3.63, 3.8) is 0 Å². The molecule has 0 atom stereocenters. The number of nitrogens with zero attached hydrogens (tertiary/aromatic N) is 2. The first-order chi connectivity index (χ1) is 10.1. The van der Waals surface area contributed by atoms with Crippen LogP contribution in [0.4, 0.5) is 4.39 Å². The molecule has 0 bridgehead atoms. The first kappa shape index (κ1) is 15.2. The maximum absolute atomic E-state index is 14.1. The van der Waals surface area contributed by atoms with Gasteiger partial charge >= 0.3 is 0 Å². The van der Waals surface area contributed by atoms with Gasteiger partial charge in [0.05, 0.1) is 5.56 Å². The minimum Gasteiger partial charge on any atom is -0.352 e. The quantitative estimate of drug-likeness (QED) is 0.889. The van der Waals surface area contributed by atoms with Gasteiger partial charge in [0, 0.05) is 18.5 Å². The van der Waals surface area contributed by atoms with Gasteiger partial charge in [0.1, 0.15) is 11.6 Å². The highest BCUT2D eigenvalue weighted by Gasteiger charge is 2.17. The van der Waals surface area contributed by atoms with Crippen LogP contribution in [0.25, 0.3) is 11.4 Å². The van der Waals surface area contributed by atoms with E-state index in [2.05, 4.69) is 20.5 Å². The molecule has 0 aliphatic heterocycles. The fraction of sp³-hybridized carbons (Fsp3) is 0.400. The lowest BCUT2D eigenvalue weighted by atomic mass is 10.0. The lowest BCUT2D eigenvalue weighted by molar-refractivity contribution is 0.0953. The topological polar surface area (TPSA) is 70.7 Å². The maximum atomic E-state index is 14.1. The zero-order valence-electron chi connectivity index (χ0n) is 12.5. The van der Waals surface area contributed by atoms with Gasteiger partial charge in [0.25, 0.3) is 5.91 Å². The second kappa shape index (κ2) is 6.47. The molecule has 0 unspecified atom stereocenters. The zero-order valence-corrected chi connectivity index (χ0v) is 12.5. The summed E-state index contributed by atoms with van der Waals surface area (Å²) < 4.78 is 14.1. The van der Waals surface area contributed by atoms with Gasteiger partial charge in [-0.15, -0.1) is 0 Å². The largest absolute Gasteiger partial charge is 0.352 e. The molecule has 6 heteroatoms. The number of H-pyrrole nitrogens is 1. The van der Waals surface area contributed by atoms with E-state index in [1.807, 2.05) is 13.8 Å². The summed E-state index contributed by atoms with van der Waals surface area (Å²) in [4.78, 5) is 16.3.